The van der Waals surface area contributed by atoms with Crippen molar-refractivity contribution in [1.82, 2.24) is 13.8 Å². The number of aliphatic imine (C=N–C) groups is 1. The minimum atomic E-state index is -3.69. The summed E-state index contributed by atoms with van der Waals surface area (Å²) in [5, 5.41) is -0.186. The van der Waals surface area contributed by atoms with Crippen molar-refractivity contribution in [3.05, 3.63) is 45.2 Å². The van der Waals surface area contributed by atoms with Crippen LogP contribution in [-0.4, -0.2) is 33.6 Å². The van der Waals surface area contributed by atoms with E-state index in [1.54, 1.807) is 6.08 Å². The fraction of sp³-hybridized carbons (Fsp3) is 0.300. The second-order valence-corrected chi connectivity index (χ2v) is 10.4. The summed E-state index contributed by atoms with van der Waals surface area (Å²) in [6.45, 7) is 7.45. The molecule has 1 aliphatic rings. The molecule has 0 unspecified atom stereocenters. The van der Waals surface area contributed by atoms with Gasteiger partial charge in [-0.15, -0.1) is 0 Å². The molecule has 1 aromatic carbocycles. The van der Waals surface area contributed by atoms with E-state index in [-0.39, 0.29) is 33.2 Å². The fourth-order valence-corrected chi connectivity index (χ4v) is 6.21. The summed E-state index contributed by atoms with van der Waals surface area (Å²) in [5.74, 6) is -0.159. The SMILES string of the molecule is CC1=Nc2ccc(C)cc2/C1=C/c1c(N)n2c(S(=O)(=O)CC(C)C)nsc2nc1=O. The third-order valence-corrected chi connectivity index (χ3v) is 7.52. The number of allylic oxidation sites excluding steroid dienone is 1. The molecule has 0 saturated heterocycles. The molecule has 4 rings (SSSR count). The van der Waals surface area contributed by atoms with Gasteiger partial charge >= 0.3 is 0 Å². The topological polar surface area (TPSA) is 120 Å². The lowest BCUT2D eigenvalue weighted by atomic mass is 9.99. The summed E-state index contributed by atoms with van der Waals surface area (Å²) in [6.07, 6.45) is 1.64. The number of nitrogens with two attached hydrogens (primary N) is 1. The Hall–Kier alpha value is -2.85. The van der Waals surface area contributed by atoms with E-state index >= 15 is 0 Å². The molecule has 2 N–H and O–H groups in total. The number of aromatic nitrogens is 3. The van der Waals surface area contributed by atoms with Crippen LogP contribution in [0.3, 0.4) is 0 Å². The summed E-state index contributed by atoms with van der Waals surface area (Å²) in [4.78, 5) is 21.4. The van der Waals surface area contributed by atoms with E-state index in [0.29, 0.717) is 0 Å². The lowest BCUT2D eigenvalue weighted by Crippen LogP contribution is -2.20. The molecule has 156 valence electrons. The maximum atomic E-state index is 12.8. The quantitative estimate of drug-likeness (QED) is 0.661. The summed E-state index contributed by atoms with van der Waals surface area (Å²) in [5.41, 5.74) is 10.2. The second kappa shape index (κ2) is 7.13. The molecule has 0 bridgehead atoms. The molecule has 1 aliphatic heterocycles. The lowest BCUT2D eigenvalue weighted by Gasteiger charge is -2.09. The van der Waals surface area contributed by atoms with Crippen LogP contribution in [0.2, 0.25) is 0 Å². The monoisotopic (exact) mass is 443 g/mol. The van der Waals surface area contributed by atoms with Crippen molar-refractivity contribution in [1.29, 1.82) is 0 Å². The Morgan fingerprint density at radius 2 is 2.00 bits per heavy atom. The Kier molecular flexibility index (Phi) is 4.86. The number of sulfone groups is 1. The van der Waals surface area contributed by atoms with E-state index in [9.17, 15) is 13.2 Å². The minimum absolute atomic E-state index is 0.00230. The fourth-order valence-electron chi connectivity index (χ4n) is 3.47. The second-order valence-electron chi connectivity index (χ2n) is 7.75. The molecule has 0 radical (unpaired) electrons. The van der Waals surface area contributed by atoms with E-state index in [1.807, 2.05) is 45.9 Å². The predicted molar refractivity (Wildman–Crippen MR) is 120 cm³/mol. The highest BCUT2D eigenvalue weighted by Crippen LogP contribution is 2.36. The van der Waals surface area contributed by atoms with Crippen molar-refractivity contribution < 1.29 is 8.42 Å². The first-order valence-electron chi connectivity index (χ1n) is 9.37. The number of fused-ring (bicyclic) bond motifs is 2. The first-order valence-corrected chi connectivity index (χ1v) is 11.8. The third-order valence-electron chi connectivity index (χ3n) is 4.77. The zero-order chi connectivity index (χ0) is 21.8. The number of hydrogen-bond acceptors (Lipinski definition) is 8. The van der Waals surface area contributed by atoms with Crippen molar-refractivity contribution in [3.63, 3.8) is 0 Å². The summed E-state index contributed by atoms with van der Waals surface area (Å²) in [6, 6.07) is 5.88. The summed E-state index contributed by atoms with van der Waals surface area (Å²) >= 11 is 0.837. The van der Waals surface area contributed by atoms with Crippen LogP contribution in [0, 0.1) is 12.8 Å². The van der Waals surface area contributed by atoms with Gasteiger partial charge in [-0.2, -0.15) is 9.36 Å². The number of nitrogens with zero attached hydrogens (tertiary/aromatic N) is 4. The molecule has 0 spiro atoms. The molecule has 0 saturated carbocycles. The highest BCUT2D eigenvalue weighted by atomic mass is 32.2. The van der Waals surface area contributed by atoms with Crippen LogP contribution in [0.5, 0.6) is 0 Å². The van der Waals surface area contributed by atoms with Crippen molar-refractivity contribution in [2.24, 2.45) is 10.9 Å². The van der Waals surface area contributed by atoms with Gasteiger partial charge in [0.15, 0.2) is 0 Å². The first-order chi connectivity index (χ1) is 14.1. The molecule has 8 nitrogen and oxygen atoms in total. The van der Waals surface area contributed by atoms with Gasteiger partial charge in [0.25, 0.3) is 5.56 Å². The smallest absolute Gasteiger partial charge is 0.283 e. The average molecular weight is 444 g/mol. The van der Waals surface area contributed by atoms with Crippen LogP contribution in [0.15, 0.2) is 33.1 Å². The zero-order valence-electron chi connectivity index (χ0n) is 17.0. The van der Waals surface area contributed by atoms with Crippen LogP contribution in [0.1, 0.15) is 37.5 Å². The van der Waals surface area contributed by atoms with Crippen molar-refractivity contribution >= 4 is 55.2 Å². The number of nitrogen functional groups attached to an aromatic ring is 1. The zero-order valence-corrected chi connectivity index (χ0v) is 18.6. The van der Waals surface area contributed by atoms with E-state index in [1.165, 1.54) is 4.40 Å². The normalized spacial score (nSPS) is 15.2. The highest BCUT2D eigenvalue weighted by molar-refractivity contribution is 7.91. The molecule has 0 aliphatic carbocycles. The van der Waals surface area contributed by atoms with Crippen LogP contribution in [-0.2, 0) is 9.84 Å². The van der Waals surface area contributed by atoms with Gasteiger partial charge in [0.1, 0.15) is 5.82 Å². The Labute approximate surface area is 177 Å². The Bertz CT molecular complexity index is 1410. The van der Waals surface area contributed by atoms with E-state index in [4.69, 9.17) is 5.73 Å². The highest BCUT2D eigenvalue weighted by Gasteiger charge is 2.26. The standard InChI is InChI=1S/C20H21N5O3S2/c1-10(2)9-30(27,28)20-24-29-19-23-18(26)15(17(21)25(19)20)8-13-12(4)22-16-6-5-11(3)7-14(13)16/h5-8,10H,9,21H2,1-4H3/b13-8+. The molecule has 3 aromatic rings. The first kappa shape index (κ1) is 20.4. The van der Waals surface area contributed by atoms with Crippen LogP contribution < -0.4 is 11.3 Å². The summed E-state index contributed by atoms with van der Waals surface area (Å²) < 4.78 is 30.9. The largest absolute Gasteiger partial charge is 0.384 e. The van der Waals surface area contributed by atoms with Crippen LogP contribution in [0.25, 0.3) is 16.6 Å². The molecule has 30 heavy (non-hydrogen) atoms. The third kappa shape index (κ3) is 3.35. The van der Waals surface area contributed by atoms with E-state index in [2.05, 4.69) is 14.3 Å². The maximum absolute atomic E-state index is 12.8. The minimum Gasteiger partial charge on any atom is -0.384 e. The molecule has 2 aromatic heterocycles. The van der Waals surface area contributed by atoms with Gasteiger partial charge in [-0.05, 0) is 38.0 Å². The van der Waals surface area contributed by atoms with Crippen LogP contribution in [0.4, 0.5) is 11.5 Å². The Morgan fingerprint density at radius 1 is 1.27 bits per heavy atom. The number of aryl methyl sites for hydroxylation is 1. The number of rotatable bonds is 4. The molecule has 0 amide bonds. The Balaban J connectivity index is 1.95. The number of anilines is 1. The van der Waals surface area contributed by atoms with Crippen molar-refractivity contribution in [2.75, 3.05) is 11.5 Å². The van der Waals surface area contributed by atoms with Crippen molar-refractivity contribution in [2.45, 2.75) is 32.9 Å². The van der Waals surface area contributed by atoms with Gasteiger partial charge in [0, 0.05) is 28.4 Å². The molecule has 3 heterocycles. The molecule has 0 fully saturated rings. The molecule has 0 atom stereocenters. The number of hydrogen-bond donors (Lipinski definition) is 1. The summed E-state index contributed by atoms with van der Waals surface area (Å²) in [7, 11) is -3.69. The predicted octanol–water partition coefficient (Wildman–Crippen LogP) is 3.12. The van der Waals surface area contributed by atoms with Gasteiger partial charge in [-0.25, -0.2) is 12.8 Å². The van der Waals surface area contributed by atoms with Gasteiger partial charge < -0.3 is 5.73 Å². The Morgan fingerprint density at radius 3 is 2.70 bits per heavy atom. The van der Waals surface area contributed by atoms with Gasteiger partial charge in [0.2, 0.25) is 20.0 Å². The van der Waals surface area contributed by atoms with Crippen LogP contribution >= 0.6 is 11.5 Å². The van der Waals surface area contributed by atoms with Crippen molar-refractivity contribution in [3.8, 4) is 0 Å². The lowest BCUT2D eigenvalue weighted by molar-refractivity contribution is 0.573. The molecular weight excluding hydrogens is 422 g/mol. The van der Waals surface area contributed by atoms with E-state index < -0.39 is 15.4 Å². The number of benzene rings is 1. The average Bonchev–Trinajstić information content (AvgIpc) is 3.19. The van der Waals surface area contributed by atoms with Gasteiger partial charge in [-0.1, -0.05) is 25.5 Å². The maximum Gasteiger partial charge on any atom is 0.283 e. The molecular formula is C20H21N5O3S2. The molecule has 10 heteroatoms. The van der Waals surface area contributed by atoms with Gasteiger partial charge in [-0.3, -0.25) is 9.79 Å². The van der Waals surface area contributed by atoms with E-state index in [0.717, 1.165) is 39.6 Å². The van der Waals surface area contributed by atoms with Gasteiger partial charge in [0.05, 0.1) is 17.0 Å².